The molecule has 0 saturated carbocycles. The second-order valence-electron chi connectivity index (χ2n) is 5.05. The lowest BCUT2D eigenvalue weighted by Crippen LogP contribution is -2.45. The van der Waals surface area contributed by atoms with Crippen LogP contribution in [0.1, 0.15) is 19.8 Å². The van der Waals surface area contributed by atoms with Crippen molar-refractivity contribution in [2.75, 3.05) is 26.2 Å². The van der Waals surface area contributed by atoms with Crippen molar-refractivity contribution in [2.24, 2.45) is 5.92 Å². The number of aliphatic carboxylic acids is 1. The van der Waals surface area contributed by atoms with Crippen LogP contribution in [0.2, 0.25) is 0 Å². The zero-order chi connectivity index (χ0) is 14.0. The predicted molar refractivity (Wildman–Crippen MR) is 66.5 cm³/mol. The SMILES string of the molecule is CCN1CC(NC(=O)N2CCC(C(=O)O)C2)CC1=O. The number of urea groups is 1. The van der Waals surface area contributed by atoms with E-state index >= 15 is 0 Å². The summed E-state index contributed by atoms with van der Waals surface area (Å²) < 4.78 is 0. The van der Waals surface area contributed by atoms with Crippen molar-refractivity contribution >= 4 is 17.9 Å². The number of amides is 3. The van der Waals surface area contributed by atoms with Crippen LogP contribution in [-0.4, -0.2) is 65.0 Å². The molecule has 7 heteroatoms. The van der Waals surface area contributed by atoms with E-state index in [1.165, 1.54) is 4.90 Å². The Balaban J connectivity index is 1.83. The molecule has 0 spiro atoms. The summed E-state index contributed by atoms with van der Waals surface area (Å²) in [6, 6.07) is -0.427. The molecule has 0 aromatic rings. The van der Waals surface area contributed by atoms with E-state index in [9.17, 15) is 14.4 Å². The van der Waals surface area contributed by atoms with Gasteiger partial charge in [0.25, 0.3) is 0 Å². The number of hydrogen-bond acceptors (Lipinski definition) is 3. The largest absolute Gasteiger partial charge is 0.481 e. The van der Waals surface area contributed by atoms with Crippen molar-refractivity contribution in [1.29, 1.82) is 0 Å². The van der Waals surface area contributed by atoms with E-state index in [0.717, 1.165) is 0 Å². The molecule has 19 heavy (non-hydrogen) atoms. The van der Waals surface area contributed by atoms with E-state index in [0.29, 0.717) is 32.5 Å². The van der Waals surface area contributed by atoms with Gasteiger partial charge in [0.05, 0.1) is 12.0 Å². The van der Waals surface area contributed by atoms with Crippen LogP contribution in [0.4, 0.5) is 4.79 Å². The number of nitrogens with one attached hydrogen (secondary N) is 1. The maximum absolute atomic E-state index is 12.0. The first-order chi connectivity index (χ1) is 9.01. The molecule has 7 nitrogen and oxygen atoms in total. The van der Waals surface area contributed by atoms with Crippen molar-refractivity contribution in [1.82, 2.24) is 15.1 Å². The van der Waals surface area contributed by atoms with Crippen LogP contribution in [0.3, 0.4) is 0 Å². The van der Waals surface area contributed by atoms with Crippen LogP contribution >= 0.6 is 0 Å². The van der Waals surface area contributed by atoms with Crippen LogP contribution in [-0.2, 0) is 9.59 Å². The van der Waals surface area contributed by atoms with E-state index in [-0.39, 0.29) is 24.5 Å². The molecule has 3 amide bonds. The summed E-state index contributed by atoms with van der Waals surface area (Å²) in [6.45, 7) is 3.80. The fourth-order valence-corrected chi connectivity index (χ4v) is 2.59. The molecule has 106 valence electrons. The molecule has 2 heterocycles. The van der Waals surface area contributed by atoms with Crippen LogP contribution in [0.5, 0.6) is 0 Å². The lowest BCUT2D eigenvalue weighted by molar-refractivity contribution is -0.141. The molecule has 2 rings (SSSR count). The maximum Gasteiger partial charge on any atom is 0.317 e. The lowest BCUT2D eigenvalue weighted by atomic mass is 10.1. The van der Waals surface area contributed by atoms with Gasteiger partial charge in [0, 0.05) is 32.6 Å². The third-order valence-corrected chi connectivity index (χ3v) is 3.75. The standard InChI is InChI=1S/C12H19N3O4/c1-2-14-7-9(5-10(14)16)13-12(19)15-4-3-8(6-15)11(17)18/h8-9H,2-7H2,1H3,(H,13,19)(H,17,18). The maximum atomic E-state index is 12.0. The molecule has 0 aromatic carbocycles. The molecular weight excluding hydrogens is 250 g/mol. The molecular formula is C12H19N3O4. The summed E-state index contributed by atoms with van der Waals surface area (Å²) in [4.78, 5) is 37.6. The number of rotatable bonds is 3. The van der Waals surface area contributed by atoms with Gasteiger partial charge in [0.15, 0.2) is 0 Å². The second kappa shape index (κ2) is 5.46. The Labute approximate surface area is 111 Å². The molecule has 2 unspecified atom stereocenters. The molecule has 2 N–H and O–H groups in total. The van der Waals surface area contributed by atoms with Gasteiger partial charge in [-0.05, 0) is 13.3 Å². The number of carboxylic acid groups (broad SMARTS) is 1. The summed E-state index contributed by atoms with van der Waals surface area (Å²) in [5, 5.41) is 11.7. The monoisotopic (exact) mass is 269 g/mol. The molecule has 2 aliphatic heterocycles. The third kappa shape index (κ3) is 2.97. The van der Waals surface area contributed by atoms with Crippen LogP contribution in [0, 0.1) is 5.92 Å². The van der Waals surface area contributed by atoms with Gasteiger partial charge in [-0.1, -0.05) is 0 Å². The number of carboxylic acids is 1. The van der Waals surface area contributed by atoms with Gasteiger partial charge in [-0.3, -0.25) is 9.59 Å². The van der Waals surface area contributed by atoms with Gasteiger partial charge < -0.3 is 20.2 Å². The van der Waals surface area contributed by atoms with Crippen molar-refractivity contribution in [3.8, 4) is 0 Å². The summed E-state index contributed by atoms with van der Waals surface area (Å²) in [6.07, 6.45) is 0.823. The van der Waals surface area contributed by atoms with Gasteiger partial charge in [-0.2, -0.15) is 0 Å². The first kappa shape index (κ1) is 13.6. The molecule has 0 bridgehead atoms. The smallest absolute Gasteiger partial charge is 0.317 e. The molecule has 2 atom stereocenters. The molecule has 2 fully saturated rings. The zero-order valence-corrected chi connectivity index (χ0v) is 11.0. The minimum absolute atomic E-state index is 0.0534. The van der Waals surface area contributed by atoms with Crippen molar-refractivity contribution in [3.63, 3.8) is 0 Å². The Morgan fingerprint density at radius 1 is 1.42 bits per heavy atom. The van der Waals surface area contributed by atoms with Crippen molar-refractivity contribution < 1.29 is 19.5 Å². The minimum atomic E-state index is -0.858. The molecule has 0 radical (unpaired) electrons. The van der Waals surface area contributed by atoms with Crippen molar-refractivity contribution in [2.45, 2.75) is 25.8 Å². The number of carbonyl (C=O) groups excluding carboxylic acids is 2. The topological polar surface area (TPSA) is 90.0 Å². The Morgan fingerprint density at radius 3 is 2.68 bits per heavy atom. The highest BCUT2D eigenvalue weighted by molar-refractivity contribution is 5.82. The van der Waals surface area contributed by atoms with Gasteiger partial charge in [0.1, 0.15) is 0 Å². The average Bonchev–Trinajstić information content (AvgIpc) is 2.95. The summed E-state index contributed by atoms with van der Waals surface area (Å²) in [7, 11) is 0. The number of likely N-dealkylation sites (tertiary alicyclic amines) is 2. The first-order valence-electron chi connectivity index (χ1n) is 6.57. The quantitative estimate of drug-likeness (QED) is 0.737. The highest BCUT2D eigenvalue weighted by atomic mass is 16.4. The second-order valence-corrected chi connectivity index (χ2v) is 5.05. The normalized spacial score (nSPS) is 26.9. The van der Waals surface area contributed by atoms with E-state index < -0.39 is 11.9 Å². The van der Waals surface area contributed by atoms with Crippen molar-refractivity contribution in [3.05, 3.63) is 0 Å². The highest BCUT2D eigenvalue weighted by Gasteiger charge is 2.34. The predicted octanol–water partition coefficient (Wildman–Crippen LogP) is -0.277. The highest BCUT2D eigenvalue weighted by Crippen LogP contribution is 2.17. The summed E-state index contributed by atoms with van der Waals surface area (Å²) in [5.41, 5.74) is 0. The van der Waals surface area contributed by atoms with E-state index in [4.69, 9.17) is 5.11 Å². The number of likely N-dealkylation sites (N-methyl/N-ethyl adjacent to an activating group) is 1. The fourth-order valence-electron chi connectivity index (χ4n) is 2.59. The average molecular weight is 269 g/mol. The van der Waals surface area contributed by atoms with Gasteiger partial charge in [-0.25, -0.2) is 4.79 Å². The van der Waals surface area contributed by atoms with E-state index in [1.807, 2.05) is 6.92 Å². The molecule has 2 saturated heterocycles. The third-order valence-electron chi connectivity index (χ3n) is 3.75. The van der Waals surface area contributed by atoms with Gasteiger partial charge in [-0.15, -0.1) is 0 Å². The van der Waals surface area contributed by atoms with Crippen LogP contribution in [0.15, 0.2) is 0 Å². The summed E-state index contributed by atoms with van der Waals surface area (Å²) >= 11 is 0. The summed E-state index contributed by atoms with van der Waals surface area (Å²) in [5.74, 6) is -1.27. The van der Waals surface area contributed by atoms with Gasteiger partial charge >= 0.3 is 12.0 Å². The molecule has 0 aromatic heterocycles. The number of hydrogen-bond donors (Lipinski definition) is 2. The Morgan fingerprint density at radius 2 is 2.16 bits per heavy atom. The number of carbonyl (C=O) groups is 3. The minimum Gasteiger partial charge on any atom is -0.481 e. The fraction of sp³-hybridized carbons (Fsp3) is 0.750. The zero-order valence-electron chi connectivity index (χ0n) is 11.0. The number of nitrogens with zero attached hydrogens (tertiary/aromatic N) is 2. The molecule has 0 aliphatic carbocycles. The van der Waals surface area contributed by atoms with Crippen LogP contribution in [0.25, 0.3) is 0 Å². The lowest BCUT2D eigenvalue weighted by Gasteiger charge is -2.20. The van der Waals surface area contributed by atoms with E-state index in [2.05, 4.69) is 5.32 Å². The first-order valence-corrected chi connectivity index (χ1v) is 6.57. The Kier molecular flexibility index (Phi) is 3.92. The molecule has 2 aliphatic rings. The van der Waals surface area contributed by atoms with Gasteiger partial charge in [0.2, 0.25) is 5.91 Å². The van der Waals surface area contributed by atoms with E-state index in [1.54, 1.807) is 4.90 Å². The van der Waals surface area contributed by atoms with Crippen LogP contribution < -0.4 is 5.32 Å². The Bertz CT molecular complexity index is 398. The Hall–Kier alpha value is -1.79.